The molecule has 0 aromatic heterocycles. The van der Waals surface area contributed by atoms with Gasteiger partial charge in [-0.25, -0.2) is 9.18 Å². The minimum atomic E-state index is -1.04. The van der Waals surface area contributed by atoms with Crippen molar-refractivity contribution in [2.45, 2.75) is 12.5 Å². The summed E-state index contributed by atoms with van der Waals surface area (Å²) in [5.74, 6) is -0.275. The highest BCUT2D eigenvalue weighted by Gasteiger charge is 2.28. The van der Waals surface area contributed by atoms with Crippen molar-refractivity contribution in [3.63, 3.8) is 0 Å². The lowest BCUT2D eigenvalue weighted by Crippen LogP contribution is -2.43. The van der Waals surface area contributed by atoms with Crippen LogP contribution in [-0.2, 0) is 6.42 Å². The molecule has 2 aromatic carbocycles. The molecule has 2 N–H and O–H groups in total. The van der Waals surface area contributed by atoms with Gasteiger partial charge in [-0.2, -0.15) is 0 Å². The minimum absolute atomic E-state index is 0.0719. The molecule has 0 saturated carbocycles. The Hall–Kier alpha value is -2.40. The Bertz CT molecular complexity index is 673. The van der Waals surface area contributed by atoms with Crippen LogP contribution in [0.15, 0.2) is 48.5 Å². The molecular weight excluding hydrogens is 283 g/mol. The fourth-order valence-electron chi connectivity index (χ4n) is 2.99. The van der Waals surface area contributed by atoms with Crippen LogP contribution in [0.2, 0.25) is 0 Å². The fraction of sp³-hybridized carbons (Fsp3) is 0.235. The van der Waals surface area contributed by atoms with E-state index >= 15 is 0 Å². The molecule has 2 aromatic rings. The van der Waals surface area contributed by atoms with E-state index in [0.29, 0.717) is 0 Å². The monoisotopic (exact) mass is 300 g/mol. The van der Waals surface area contributed by atoms with E-state index in [4.69, 9.17) is 5.11 Å². The van der Waals surface area contributed by atoms with Crippen molar-refractivity contribution in [3.05, 3.63) is 71.0 Å². The topological polar surface area (TPSA) is 52.6 Å². The number of amides is 1. The highest BCUT2D eigenvalue weighted by molar-refractivity contribution is 5.64. The Morgan fingerprint density at radius 3 is 2.68 bits per heavy atom. The molecule has 5 heteroatoms. The summed E-state index contributed by atoms with van der Waals surface area (Å²) in [6.45, 7) is 0.991. The van der Waals surface area contributed by atoms with Crippen molar-refractivity contribution in [3.8, 4) is 0 Å². The van der Waals surface area contributed by atoms with Gasteiger partial charge >= 0.3 is 6.09 Å². The summed E-state index contributed by atoms with van der Waals surface area (Å²) in [5.41, 5.74) is 3.36. The molecular formula is C17H17FN2O2. The van der Waals surface area contributed by atoms with Crippen molar-refractivity contribution in [1.82, 2.24) is 10.2 Å². The third-order valence-corrected chi connectivity index (χ3v) is 4.00. The lowest BCUT2D eigenvalue weighted by Gasteiger charge is -2.37. The van der Waals surface area contributed by atoms with Gasteiger partial charge in [-0.15, -0.1) is 0 Å². The van der Waals surface area contributed by atoms with Gasteiger partial charge in [0.1, 0.15) is 5.82 Å². The third kappa shape index (κ3) is 2.94. The van der Waals surface area contributed by atoms with Crippen molar-refractivity contribution >= 4 is 6.09 Å². The number of nitrogens with zero attached hydrogens (tertiary/aromatic N) is 1. The summed E-state index contributed by atoms with van der Waals surface area (Å²) in [4.78, 5) is 12.8. The van der Waals surface area contributed by atoms with E-state index in [2.05, 4.69) is 22.3 Å². The Kier molecular flexibility index (Phi) is 4.06. The number of hydrogen-bond donors (Lipinski definition) is 2. The van der Waals surface area contributed by atoms with Gasteiger partial charge in [-0.1, -0.05) is 36.4 Å². The van der Waals surface area contributed by atoms with Crippen LogP contribution in [0.5, 0.6) is 0 Å². The van der Waals surface area contributed by atoms with E-state index in [9.17, 15) is 9.18 Å². The number of carboxylic acid groups (broad SMARTS) is 1. The van der Waals surface area contributed by atoms with E-state index in [1.54, 1.807) is 12.1 Å². The van der Waals surface area contributed by atoms with E-state index in [1.807, 2.05) is 12.1 Å². The molecule has 22 heavy (non-hydrogen) atoms. The van der Waals surface area contributed by atoms with Crippen LogP contribution in [0, 0.1) is 5.82 Å². The van der Waals surface area contributed by atoms with Crippen LogP contribution < -0.4 is 5.32 Å². The minimum Gasteiger partial charge on any atom is -0.465 e. The molecule has 0 radical (unpaired) electrons. The van der Waals surface area contributed by atoms with Gasteiger partial charge in [0.25, 0.3) is 0 Å². The standard InChI is InChI=1S/C17H17FN2O2/c18-14-7-5-13(6-8-14)16-15-4-2-1-3-12(15)9-10-20(16)11-19-17(21)22/h1-8,16,19H,9-11H2,(H,21,22)/t16-/m0/s1. The predicted octanol–water partition coefficient (Wildman–Crippen LogP) is 3.00. The van der Waals surface area contributed by atoms with Gasteiger partial charge < -0.3 is 10.4 Å². The largest absolute Gasteiger partial charge is 0.465 e. The number of rotatable bonds is 3. The van der Waals surface area contributed by atoms with Gasteiger partial charge in [-0.05, 0) is 35.2 Å². The Morgan fingerprint density at radius 2 is 1.95 bits per heavy atom. The molecule has 0 aliphatic carbocycles. The van der Waals surface area contributed by atoms with Crippen LogP contribution in [0.4, 0.5) is 9.18 Å². The SMILES string of the molecule is O=C(O)NCN1CCc2ccccc2[C@@H]1c1ccc(F)cc1. The summed E-state index contributed by atoms with van der Waals surface area (Å²) >= 11 is 0. The zero-order chi connectivity index (χ0) is 15.5. The first-order valence-corrected chi connectivity index (χ1v) is 7.19. The number of carbonyl (C=O) groups is 1. The maximum Gasteiger partial charge on any atom is 0.405 e. The van der Waals surface area contributed by atoms with Crippen molar-refractivity contribution in [2.75, 3.05) is 13.2 Å². The molecule has 0 bridgehead atoms. The van der Waals surface area contributed by atoms with Gasteiger partial charge in [-0.3, -0.25) is 4.90 Å². The number of halogens is 1. The Labute approximate surface area is 128 Å². The van der Waals surface area contributed by atoms with Crippen LogP contribution in [-0.4, -0.2) is 29.3 Å². The lowest BCUT2D eigenvalue weighted by molar-refractivity contribution is 0.164. The van der Waals surface area contributed by atoms with Crippen LogP contribution in [0.3, 0.4) is 0 Å². The normalized spacial score (nSPS) is 17.8. The number of nitrogens with one attached hydrogen (secondary N) is 1. The van der Waals surface area contributed by atoms with Gasteiger partial charge in [0, 0.05) is 6.54 Å². The summed E-state index contributed by atoms with van der Waals surface area (Å²) < 4.78 is 13.2. The van der Waals surface area contributed by atoms with E-state index < -0.39 is 6.09 Å². The molecule has 4 nitrogen and oxygen atoms in total. The van der Waals surface area contributed by atoms with Crippen LogP contribution in [0.25, 0.3) is 0 Å². The molecule has 1 heterocycles. The maximum atomic E-state index is 13.2. The maximum absolute atomic E-state index is 13.2. The lowest BCUT2D eigenvalue weighted by atomic mass is 9.88. The summed E-state index contributed by atoms with van der Waals surface area (Å²) in [6, 6.07) is 14.5. The molecule has 3 rings (SSSR count). The zero-order valence-electron chi connectivity index (χ0n) is 12.0. The summed E-state index contributed by atoms with van der Waals surface area (Å²) in [7, 11) is 0. The first-order chi connectivity index (χ1) is 10.6. The quantitative estimate of drug-likeness (QED) is 0.916. The van der Waals surface area contributed by atoms with Crippen LogP contribution in [0.1, 0.15) is 22.7 Å². The van der Waals surface area contributed by atoms with E-state index in [1.165, 1.54) is 17.7 Å². The summed E-state index contributed by atoms with van der Waals surface area (Å²) in [6.07, 6.45) is -0.175. The molecule has 0 unspecified atom stereocenters. The second kappa shape index (κ2) is 6.15. The van der Waals surface area contributed by atoms with Gasteiger partial charge in [0.15, 0.2) is 0 Å². The average Bonchev–Trinajstić information content (AvgIpc) is 2.53. The average molecular weight is 300 g/mol. The number of fused-ring (bicyclic) bond motifs is 1. The molecule has 1 atom stereocenters. The van der Waals surface area contributed by atoms with E-state index in [0.717, 1.165) is 24.1 Å². The number of hydrogen-bond acceptors (Lipinski definition) is 2. The highest BCUT2D eigenvalue weighted by atomic mass is 19.1. The molecule has 1 amide bonds. The highest BCUT2D eigenvalue weighted by Crippen LogP contribution is 2.34. The van der Waals surface area contributed by atoms with Crippen LogP contribution >= 0.6 is 0 Å². The molecule has 1 aliphatic rings. The first-order valence-electron chi connectivity index (χ1n) is 7.19. The molecule has 0 fully saturated rings. The third-order valence-electron chi connectivity index (χ3n) is 4.00. The second-order valence-corrected chi connectivity index (χ2v) is 5.36. The predicted molar refractivity (Wildman–Crippen MR) is 81.1 cm³/mol. The fourth-order valence-corrected chi connectivity index (χ4v) is 2.99. The summed E-state index contributed by atoms with van der Waals surface area (Å²) in [5, 5.41) is 11.3. The first kappa shape index (κ1) is 14.5. The zero-order valence-corrected chi connectivity index (χ0v) is 12.0. The van der Waals surface area contributed by atoms with Gasteiger partial charge in [0.2, 0.25) is 0 Å². The van der Waals surface area contributed by atoms with E-state index in [-0.39, 0.29) is 18.5 Å². The number of benzene rings is 2. The molecule has 114 valence electrons. The van der Waals surface area contributed by atoms with Gasteiger partial charge in [0.05, 0.1) is 12.7 Å². The Balaban J connectivity index is 1.97. The van der Waals surface area contributed by atoms with Crippen molar-refractivity contribution in [1.29, 1.82) is 0 Å². The Morgan fingerprint density at radius 1 is 1.23 bits per heavy atom. The molecule has 0 saturated heterocycles. The van der Waals surface area contributed by atoms with Crippen molar-refractivity contribution < 1.29 is 14.3 Å². The second-order valence-electron chi connectivity index (χ2n) is 5.36. The van der Waals surface area contributed by atoms with Crippen molar-refractivity contribution in [2.24, 2.45) is 0 Å². The smallest absolute Gasteiger partial charge is 0.405 e. The molecule has 1 aliphatic heterocycles. The molecule has 0 spiro atoms.